The van der Waals surface area contributed by atoms with Gasteiger partial charge in [0.25, 0.3) is 0 Å². The van der Waals surface area contributed by atoms with Gasteiger partial charge in [-0.3, -0.25) is 4.79 Å². The van der Waals surface area contributed by atoms with Crippen LogP contribution in [0.15, 0.2) is 42.5 Å². The van der Waals surface area contributed by atoms with Gasteiger partial charge in [-0.25, -0.2) is 0 Å². The molecule has 0 saturated heterocycles. The summed E-state index contributed by atoms with van der Waals surface area (Å²) in [4.78, 5) is 11.6. The first-order chi connectivity index (χ1) is 8.83. The Hall–Kier alpha value is -1.08. The van der Waals surface area contributed by atoms with E-state index in [4.69, 9.17) is 11.6 Å². The largest absolute Gasteiger partial charge is 0.300 e. The molecule has 0 fully saturated rings. The summed E-state index contributed by atoms with van der Waals surface area (Å²) in [6.45, 7) is 0. The lowest BCUT2D eigenvalue weighted by atomic mass is 10.0. The van der Waals surface area contributed by atoms with Crippen LogP contribution in [0.4, 0.5) is 0 Å². The average molecular weight is 265 g/mol. The molecule has 0 unspecified atom stereocenters. The maximum Gasteiger partial charge on any atom is 0.132 e. The Morgan fingerprint density at radius 2 is 1.78 bits per heavy atom. The molecule has 0 radical (unpaired) electrons. The van der Waals surface area contributed by atoms with Gasteiger partial charge in [0, 0.05) is 18.7 Å². The minimum Gasteiger partial charge on any atom is -0.300 e. The molecule has 0 aliphatic rings. The molecule has 98 valence electrons. The van der Waals surface area contributed by atoms with Crippen LogP contribution in [0.3, 0.4) is 0 Å². The zero-order chi connectivity index (χ0) is 13.1. The van der Waals surface area contributed by atoms with Gasteiger partial charge in [-0.05, 0) is 31.2 Å². The zero-order valence-electron chi connectivity index (χ0n) is 10.8. The van der Waals surface area contributed by atoms with Crippen LogP contribution in [0.25, 0.3) is 0 Å². The lowest BCUT2D eigenvalue weighted by molar-refractivity contribution is -0.119. The fourth-order valence-electron chi connectivity index (χ4n) is 1.86. The minimum atomic E-state index is 0.380. The second-order valence-electron chi connectivity index (χ2n) is 4.40. The third kappa shape index (κ3) is 7.29. The van der Waals surface area contributed by atoms with Gasteiger partial charge >= 0.3 is 0 Å². The van der Waals surface area contributed by atoms with Gasteiger partial charge in [0.2, 0.25) is 0 Å². The quantitative estimate of drug-likeness (QED) is 0.363. The summed E-state index contributed by atoms with van der Waals surface area (Å²) < 4.78 is 0. The summed E-state index contributed by atoms with van der Waals surface area (Å²) in [6.07, 6.45) is 9.23. The lowest BCUT2D eigenvalue weighted by Gasteiger charge is -2.01. The van der Waals surface area contributed by atoms with E-state index in [1.165, 1.54) is 5.56 Å². The van der Waals surface area contributed by atoms with Crippen molar-refractivity contribution in [1.29, 1.82) is 0 Å². The topological polar surface area (TPSA) is 17.1 Å². The number of benzene rings is 1. The third-order valence-electron chi connectivity index (χ3n) is 2.85. The van der Waals surface area contributed by atoms with E-state index < -0.39 is 0 Å². The number of rotatable bonds is 9. The molecule has 2 heteroatoms. The number of ketones is 1. The Morgan fingerprint density at radius 3 is 2.50 bits per heavy atom. The van der Waals surface area contributed by atoms with Crippen molar-refractivity contribution in [2.75, 3.05) is 5.88 Å². The van der Waals surface area contributed by atoms with E-state index in [0.29, 0.717) is 24.5 Å². The molecule has 1 aromatic rings. The lowest BCUT2D eigenvalue weighted by Crippen LogP contribution is -1.98. The fourth-order valence-corrected chi connectivity index (χ4v) is 1.98. The van der Waals surface area contributed by atoms with Crippen LogP contribution >= 0.6 is 11.6 Å². The number of Topliss-reactive ketones (excluding diaryl/α,β-unsaturated/α-hetero) is 1. The summed E-state index contributed by atoms with van der Waals surface area (Å²) in [6, 6.07) is 10.3. The van der Waals surface area contributed by atoms with Crippen molar-refractivity contribution in [2.45, 2.75) is 38.5 Å². The first kappa shape index (κ1) is 15.0. The number of hydrogen-bond donors (Lipinski definition) is 0. The molecule has 0 aliphatic heterocycles. The first-order valence-corrected chi connectivity index (χ1v) is 7.13. The molecule has 1 nitrogen and oxygen atoms in total. The minimum absolute atomic E-state index is 0.380. The molecule has 0 bridgehead atoms. The van der Waals surface area contributed by atoms with Gasteiger partial charge in [-0.15, -0.1) is 11.6 Å². The van der Waals surface area contributed by atoms with Gasteiger partial charge in [-0.1, -0.05) is 42.5 Å². The normalized spacial score (nSPS) is 10.9. The molecule has 0 N–H and O–H groups in total. The Kier molecular flexibility index (Phi) is 8.24. The van der Waals surface area contributed by atoms with Gasteiger partial charge in [0.05, 0.1) is 0 Å². The smallest absolute Gasteiger partial charge is 0.132 e. The standard InChI is InChI=1S/C16H21ClO/c17-14-7-2-1-6-12-16(18)13-8-11-15-9-4-3-5-10-15/h2-5,7,9-10H,1,6,8,11-14H2/b7-2+. The van der Waals surface area contributed by atoms with Crippen molar-refractivity contribution in [3.63, 3.8) is 0 Å². The summed E-state index contributed by atoms with van der Waals surface area (Å²) in [5.41, 5.74) is 1.32. The Balaban J connectivity index is 2.05. The van der Waals surface area contributed by atoms with Gasteiger partial charge in [-0.2, -0.15) is 0 Å². The van der Waals surface area contributed by atoms with E-state index in [1.54, 1.807) is 0 Å². The molecule has 1 aromatic carbocycles. The van der Waals surface area contributed by atoms with E-state index in [9.17, 15) is 4.79 Å². The van der Waals surface area contributed by atoms with Crippen LogP contribution in [-0.4, -0.2) is 11.7 Å². The summed E-state index contributed by atoms with van der Waals surface area (Å²) in [5.74, 6) is 0.940. The summed E-state index contributed by atoms with van der Waals surface area (Å²) >= 11 is 5.52. The average Bonchev–Trinajstić information content (AvgIpc) is 2.40. The number of allylic oxidation sites excluding steroid dienone is 2. The SMILES string of the molecule is O=C(CCC/C=C/CCl)CCCc1ccccc1. The predicted molar refractivity (Wildman–Crippen MR) is 78.1 cm³/mol. The molecule has 0 saturated carbocycles. The number of hydrogen-bond acceptors (Lipinski definition) is 1. The number of carbonyl (C=O) groups is 1. The molecule has 0 spiro atoms. The van der Waals surface area contributed by atoms with Crippen LogP contribution in [0.5, 0.6) is 0 Å². The van der Waals surface area contributed by atoms with Crippen LogP contribution in [-0.2, 0) is 11.2 Å². The maximum atomic E-state index is 11.6. The van der Waals surface area contributed by atoms with Gasteiger partial charge in [0.15, 0.2) is 0 Å². The van der Waals surface area contributed by atoms with Crippen molar-refractivity contribution in [1.82, 2.24) is 0 Å². The van der Waals surface area contributed by atoms with Crippen LogP contribution < -0.4 is 0 Å². The molecule has 1 rings (SSSR count). The van der Waals surface area contributed by atoms with Crippen molar-refractivity contribution in [3.05, 3.63) is 48.0 Å². The monoisotopic (exact) mass is 264 g/mol. The molecule has 0 atom stereocenters. The highest BCUT2D eigenvalue weighted by Gasteiger charge is 2.01. The predicted octanol–water partition coefficient (Wildman–Crippen LogP) is 4.54. The highest BCUT2D eigenvalue weighted by Crippen LogP contribution is 2.07. The van der Waals surface area contributed by atoms with Crippen LogP contribution in [0, 0.1) is 0 Å². The number of unbranched alkanes of at least 4 members (excludes halogenated alkanes) is 1. The number of alkyl halides is 1. The first-order valence-electron chi connectivity index (χ1n) is 6.59. The van der Waals surface area contributed by atoms with Crippen LogP contribution in [0.1, 0.15) is 37.7 Å². The maximum absolute atomic E-state index is 11.6. The Labute approximate surface area is 115 Å². The van der Waals surface area contributed by atoms with E-state index in [1.807, 2.05) is 30.4 Å². The Morgan fingerprint density at radius 1 is 1.06 bits per heavy atom. The second-order valence-corrected chi connectivity index (χ2v) is 4.70. The number of halogens is 1. The van der Waals surface area contributed by atoms with E-state index in [0.717, 1.165) is 25.7 Å². The number of aryl methyl sites for hydroxylation is 1. The highest BCUT2D eigenvalue weighted by atomic mass is 35.5. The molecular weight excluding hydrogens is 244 g/mol. The summed E-state index contributed by atoms with van der Waals surface area (Å²) in [7, 11) is 0. The van der Waals surface area contributed by atoms with E-state index in [-0.39, 0.29) is 0 Å². The van der Waals surface area contributed by atoms with Gasteiger partial charge in [0.1, 0.15) is 5.78 Å². The van der Waals surface area contributed by atoms with E-state index in [2.05, 4.69) is 12.1 Å². The third-order valence-corrected chi connectivity index (χ3v) is 3.02. The van der Waals surface area contributed by atoms with Crippen molar-refractivity contribution < 1.29 is 4.79 Å². The fraction of sp³-hybridized carbons (Fsp3) is 0.438. The molecule has 0 aliphatic carbocycles. The second kappa shape index (κ2) is 9.90. The molecule has 0 heterocycles. The zero-order valence-corrected chi connectivity index (χ0v) is 11.5. The van der Waals surface area contributed by atoms with Crippen LogP contribution in [0.2, 0.25) is 0 Å². The number of carbonyl (C=O) groups excluding carboxylic acids is 1. The molecule has 0 amide bonds. The molecule has 0 aromatic heterocycles. The van der Waals surface area contributed by atoms with Crippen molar-refractivity contribution in [3.8, 4) is 0 Å². The van der Waals surface area contributed by atoms with Crippen molar-refractivity contribution in [2.24, 2.45) is 0 Å². The summed E-state index contributed by atoms with van der Waals surface area (Å²) in [5, 5.41) is 0. The molecular formula is C16H21ClO. The van der Waals surface area contributed by atoms with E-state index >= 15 is 0 Å². The van der Waals surface area contributed by atoms with Gasteiger partial charge < -0.3 is 0 Å². The molecule has 18 heavy (non-hydrogen) atoms. The van der Waals surface area contributed by atoms with Crippen molar-refractivity contribution >= 4 is 17.4 Å². The Bertz CT molecular complexity index is 357. The highest BCUT2D eigenvalue weighted by molar-refractivity contribution is 6.18.